The molecule has 0 aliphatic carbocycles. The molecule has 0 bridgehead atoms. The Hall–Kier alpha value is -2.24. The lowest BCUT2D eigenvalue weighted by atomic mass is 10.2. The van der Waals surface area contributed by atoms with Crippen LogP contribution in [0.2, 0.25) is 0 Å². The molecule has 0 fully saturated rings. The van der Waals surface area contributed by atoms with Crippen LogP contribution in [0.25, 0.3) is 0 Å². The van der Waals surface area contributed by atoms with Gasteiger partial charge in [0, 0.05) is 5.56 Å². The van der Waals surface area contributed by atoms with Crippen molar-refractivity contribution in [3.8, 4) is 5.75 Å². The molecule has 0 saturated carbocycles. The molecule has 0 aliphatic heterocycles. The van der Waals surface area contributed by atoms with Gasteiger partial charge in [0.1, 0.15) is 17.9 Å². The van der Waals surface area contributed by atoms with Crippen molar-refractivity contribution < 1.29 is 24.5 Å². The summed E-state index contributed by atoms with van der Waals surface area (Å²) in [6.45, 7) is 4.56. The third-order valence-electron chi connectivity index (χ3n) is 2.33. The van der Waals surface area contributed by atoms with Crippen molar-refractivity contribution in [1.82, 2.24) is 4.90 Å². The highest BCUT2D eigenvalue weighted by atomic mass is 16.6. The minimum Gasteiger partial charge on any atom is -0.508 e. The smallest absolute Gasteiger partial charge is 0.411 e. The third kappa shape index (κ3) is 5.17. The van der Waals surface area contributed by atoms with E-state index in [0.717, 1.165) is 4.90 Å². The van der Waals surface area contributed by atoms with Crippen molar-refractivity contribution in [3.05, 3.63) is 29.8 Å². The Morgan fingerprint density at radius 2 is 1.85 bits per heavy atom. The zero-order valence-electron chi connectivity index (χ0n) is 11.8. The number of hydrogen-bond donors (Lipinski definition) is 2. The molecule has 1 rings (SSSR count). The Bertz CT molecular complexity index is 493. The van der Waals surface area contributed by atoms with Crippen molar-refractivity contribution in [2.24, 2.45) is 0 Å². The number of carboxylic acids is 1. The molecular weight excluding hydrogens is 262 g/mol. The number of phenolic OH excluding ortho intramolecular Hbond substituents is 1. The summed E-state index contributed by atoms with van der Waals surface area (Å²) in [6, 6.07) is 6.44. The van der Waals surface area contributed by atoms with E-state index in [0.29, 0.717) is 5.56 Å². The first kappa shape index (κ1) is 15.8. The number of nitrogens with zero attached hydrogens (tertiary/aromatic N) is 1. The predicted octanol–water partition coefficient (Wildman–Crippen LogP) is 2.21. The number of aliphatic carboxylic acids is 1. The van der Waals surface area contributed by atoms with Crippen LogP contribution in [0.15, 0.2) is 24.3 Å². The van der Waals surface area contributed by atoms with Crippen LogP contribution in [-0.4, -0.2) is 39.3 Å². The lowest BCUT2D eigenvalue weighted by Crippen LogP contribution is -2.39. The topological polar surface area (TPSA) is 87.1 Å². The Balaban J connectivity index is 2.87. The number of carbonyl (C=O) groups excluding carboxylic acids is 1. The molecule has 2 N–H and O–H groups in total. The Kier molecular flexibility index (Phi) is 4.96. The summed E-state index contributed by atoms with van der Waals surface area (Å²) in [5.74, 6) is -1.14. The van der Waals surface area contributed by atoms with Crippen LogP contribution in [0.1, 0.15) is 26.3 Å². The second-order valence-electron chi connectivity index (χ2n) is 5.36. The van der Waals surface area contributed by atoms with Gasteiger partial charge in [-0.05, 0) is 26.8 Å². The summed E-state index contributed by atoms with van der Waals surface area (Å²) in [5, 5.41) is 18.5. The van der Waals surface area contributed by atoms with Crippen molar-refractivity contribution in [2.75, 3.05) is 6.54 Å². The molecule has 0 aliphatic rings. The Morgan fingerprint density at radius 3 is 2.35 bits per heavy atom. The molecule has 1 aromatic rings. The number of carbonyl (C=O) groups is 2. The Labute approximate surface area is 117 Å². The zero-order valence-corrected chi connectivity index (χ0v) is 11.8. The molecule has 6 heteroatoms. The number of phenols is 1. The third-order valence-corrected chi connectivity index (χ3v) is 2.33. The number of ether oxygens (including phenoxy) is 1. The number of para-hydroxylation sites is 1. The van der Waals surface area contributed by atoms with E-state index in [1.807, 2.05) is 0 Å². The highest BCUT2D eigenvalue weighted by Crippen LogP contribution is 2.19. The quantitative estimate of drug-likeness (QED) is 0.883. The van der Waals surface area contributed by atoms with E-state index in [2.05, 4.69) is 0 Å². The summed E-state index contributed by atoms with van der Waals surface area (Å²) >= 11 is 0. The van der Waals surface area contributed by atoms with Crippen molar-refractivity contribution >= 4 is 12.1 Å². The second-order valence-corrected chi connectivity index (χ2v) is 5.36. The van der Waals surface area contributed by atoms with Gasteiger partial charge in [0.2, 0.25) is 0 Å². The lowest BCUT2D eigenvalue weighted by Gasteiger charge is -2.26. The van der Waals surface area contributed by atoms with Gasteiger partial charge in [-0.1, -0.05) is 18.2 Å². The minimum atomic E-state index is -1.15. The average molecular weight is 281 g/mol. The van der Waals surface area contributed by atoms with Crippen LogP contribution in [0, 0.1) is 0 Å². The molecule has 1 aromatic carbocycles. The molecular formula is C14H19NO5. The summed E-state index contributed by atoms with van der Waals surface area (Å²) in [4.78, 5) is 23.8. The van der Waals surface area contributed by atoms with E-state index >= 15 is 0 Å². The van der Waals surface area contributed by atoms with E-state index in [9.17, 15) is 14.7 Å². The molecule has 1 amide bonds. The fourth-order valence-electron chi connectivity index (χ4n) is 1.52. The molecule has 20 heavy (non-hydrogen) atoms. The fraction of sp³-hybridized carbons (Fsp3) is 0.429. The molecule has 6 nitrogen and oxygen atoms in total. The standard InChI is InChI=1S/C14H19NO5/c1-14(2,3)20-13(19)15(9-12(17)18)8-10-6-4-5-7-11(10)16/h4-7,16H,8-9H2,1-3H3,(H,17,18). The first-order chi connectivity index (χ1) is 9.19. The van der Waals surface area contributed by atoms with E-state index < -0.39 is 24.2 Å². The molecule has 0 heterocycles. The maximum atomic E-state index is 12.0. The zero-order chi connectivity index (χ0) is 15.3. The highest BCUT2D eigenvalue weighted by Gasteiger charge is 2.24. The molecule has 0 spiro atoms. The Morgan fingerprint density at radius 1 is 1.25 bits per heavy atom. The summed E-state index contributed by atoms with van der Waals surface area (Å²) in [5.41, 5.74) is -0.258. The van der Waals surface area contributed by atoms with Gasteiger partial charge in [-0.15, -0.1) is 0 Å². The van der Waals surface area contributed by atoms with E-state index in [-0.39, 0.29) is 12.3 Å². The molecule has 0 unspecified atom stereocenters. The number of rotatable bonds is 4. The molecule has 110 valence electrons. The maximum absolute atomic E-state index is 12.0. The molecule has 0 aromatic heterocycles. The van der Waals surface area contributed by atoms with Gasteiger partial charge in [0.25, 0.3) is 0 Å². The molecule has 0 saturated heterocycles. The maximum Gasteiger partial charge on any atom is 0.411 e. The predicted molar refractivity (Wildman–Crippen MR) is 72.4 cm³/mol. The number of amides is 1. The lowest BCUT2D eigenvalue weighted by molar-refractivity contribution is -0.138. The van der Waals surface area contributed by atoms with Gasteiger partial charge in [-0.25, -0.2) is 4.79 Å². The van der Waals surface area contributed by atoms with E-state index in [1.165, 1.54) is 6.07 Å². The van der Waals surface area contributed by atoms with Gasteiger partial charge in [0.15, 0.2) is 0 Å². The summed E-state index contributed by atoms with van der Waals surface area (Å²) in [7, 11) is 0. The van der Waals surface area contributed by atoms with Crippen LogP contribution in [0.4, 0.5) is 4.79 Å². The summed E-state index contributed by atoms with van der Waals surface area (Å²) in [6.07, 6.45) is -0.733. The summed E-state index contributed by atoms with van der Waals surface area (Å²) < 4.78 is 5.15. The van der Waals surface area contributed by atoms with Crippen LogP contribution < -0.4 is 0 Å². The van der Waals surface area contributed by atoms with E-state index in [1.54, 1.807) is 39.0 Å². The largest absolute Gasteiger partial charge is 0.508 e. The van der Waals surface area contributed by atoms with Gasteiger partial charge in [-0.3, -0.25) is 9.69 Å². The number of hydrogen-bond acceptors (Lipinski definition) is 4. The minimum absolute atomic E-state index is 0.00597. The van der Waals surface area contributed by atoms with Gasteiger partial charge < -0.3 is 14.9 Å². The first-order valence-corrected chi connectivity index (χ1v) is 6.15. The van der Waals surface area contributed by atoms with Crippen molar-refractivity contribution in [2.45, 2.75) is 32.9 Å². The SMILES string of the molecule is CC(C)(C)OC(=O)N(CC(=O)O)Cc1ccccc1O. The van der Waals surface area contributed by atoms with Crippen LogP contribution in [-0.2, 0) is 16.1 Å². The van der Waals surface area contributed by atoms with Crippen LogP contribution in [0.5, 0.6) is 5.75 Å². The molecule has 0 atom stereocenters. The number of carboxylic acid groups (broad SMARTS) is 1. The van der Waals surface area contributed by atoms with Crippen molar-refractivity contribution in [1.29, 1.82) is 0 Å². The average Bonchev–Trinajstić information content (AvgIpc) is 2.28. The van der Waals surface area contributed by atoms with Gasteiger partial charge >= 0.3 is 12.1 Å². The highest BCUT2D eigenvalue weighted by molar-refractivity contribution is 5.77. The van der Waals surface area contributed by atoms with Crippen LogP contribution in [0.3, 0.4) is 0 Å². The monoisotopic (exact) mass is 281 g/mol. The van der Waals surface area contributed by atoms with E-state index in [4.69, 9.17) is 9.84 Å². The number of aromatic hydroxyl groups is 1. The molecule has 0 radical (unpaired) electrons. The van der Waals surface area contributed by atoms with Gasteiger partial charge in [0.05, 0.1) is 6.54 Å². The first-order valence-electron chi connectivity index (χ1n) is 6.15. The van der Waals surface area contributed by atoms with Crippen molar-refractivity contribution in [3.63, 3.8) is 0 Å². The van der Waals surface area contributed by atoms with Gasteiger partial charge in [-0.2, -0.15) is 0 Å². The normalized spacial score (nSPS) is 10.9. The second kappa shape index (κ2) is 6.27. The fourth-order valence-corrected chi connectivity index (χ4v) is 1.52. The number of benzene rings is 1. The van der Waals surface area contributed by atoms with Crippen LogP contribution >= 0.6 is 0 Å².